The maximum atomic E-state index is 11.8. The van der Waals surface area contributed by atoms with Crippen LogP contribution < -0.4 is 10.6 Å². The number of anilines is 1. The van der Waals surface area contributed by atoms with Crippen LogP contribution in [0.1, 0.15) is 11.1 Å². The van der Waals surface area contributed by atoms with Crippen LogP contribution in [0.2, 0.25) is 5.02 Å². The zero-order valence-corrected chi connectivity index (χ0v) is 13.5. The monoisotopic (exact) mass is 320 g/mol. The van der Waals surface area contributed by atoms with E-state index >= 15 is 0 Å². The van der Waals surface area contributed by atoms with Gasteiger partial charge in [0.1, 0.15) is 0 Å². The number of hydrogen-bond donors (Lipinski definition) is 2. The number of aryl methyl sites for hydroxylation is 1. The largest absolute Gasteiger partial charge is 0.334 e. The summed E-state index contributed by atoms with van der Waals surface area (Å²) in [5.74, 6) is 0. The normalized spacial score (nSPS) is 10.2. The van der Waals surface area contributed by atoms with Crippen LogP contribution in [0.4, 0.5) is 10.5 Å². The Bertz CT molecular complexity index is 629. The number of halogens is 1. The van der Waals surface area contributed by atoms with Gasteiger partial charge in [0.05, 0.1) is 0 Å². The maximum absolute atomic E-state index is 11.8. The Hall–Kier alpha value is -1.65. The van der Waals surface area contributed by atoms with Crippen molar-refractivity contribution in [1.29, 1.82) is 0 Å². The van der Waals surface area contributed by atoms with E-state index in [-0.39, 0.29) is 6.03 Å². The van der Waals surface area contributed by atoms with Gasteiger partial charge >= 0.3 is 6.03 Å². The molecule has 0 radical (unpaired) electrons. The molecule has 0 aromatic heterocycles. The molecule has 0 heterocycles. The molecule has 0 unspecified atom stereocenters. The van der Waals surface area contributed by atoms with Gasteiger partial charge in [0, 0.05) is 22.2 Å². The molecule has 0 aliphatic carbocycles. The molecule has 2 aromatic carbocycles. The highest BCUT2D eigenvalue weighted by atomic mass is 35.5. The average Bonchev–Trinajstić information content (AvgIpc) is 2.49. The van der Waals surface area contributed by atoms with Crippen LogP contribution in [-0.4, -0.2) is 12.3 Å². The smallest absolute Gasteiger partial charge is 0.319 e. The Morgan fingerprint density at radius 2 is 1.90 bits per heavy atom. The molecule has 21 heavy (non-hydrogen) atoms. The van der Waals surface area contributed by atoms with E-state index in [1.165, 1.54) is 4.90 Å². The van der Waals surface area contributed by atoms with Gasteiger partial charge in [-0.3, -0.25) is 0 Å². The van der Waals surface area contributed by atoms with Crippen LogP contribution >= 0.6 is 23.4 Å². The molecule has 0 aliphatic rings. The van der Waals surface area contributed by atoms with Crippen LogP contribution in [0, 0.1) is 6.92 Å². The second kappa shape index (κ2) is 7.38. The van der Waals surface area contributed by atoms with Crippen molar-refractivity contribution in [2.45, 2.75) is 18.4 Å². The van der Waals surface area contributed by atoms with E-state index < -0.39 is 0 Å². The minimum absolute atomic E-state index is 0.246. The first-order valence-electron chi connectivity index (χ1n) is 6.52. The summed E-state index contributed by atoms with van der Waals surface area (Å²) in [6.07, 6.45) is 2.04. The van der Waals surface area contributed by atoms with Crippen molar-refractivity contribution in [3.63, 3.8) is 0 Å². The standard InChI is InChI=1S/C16H17ClN2OS/c1-11-3-6-13(9-15(11)17)19-16(20)18-10-12-4-7-14(21-2)8-5-12/h3-9H,10H2,1-2H3,(H2,18,19,20). The van der Waals surface area contributed by atoms with Gasteiger partial charge < -0.3 is 10.6 Å². The summed E-state index contributed by atoms with van der Waals surface area (Å²) >= 11 is 7.72. The summed E-state index contributed by atoms with van der Waals surface area (Å²) in [5, 5.41) is 6.22. The molecule has 0 bridgehead atoms. The fourth-order valence-corrected chi connectivity index (χ4v) is 2.36. The highest BCUT2D eigenvalue weighted by molar-refractivity contribution is 7.98. The zero-order valence-electron chi connectivity index (χ0n) is 11.9. The van der Waals surface area contributed by atoms with E-state index in [1.807, 2.05) is 49.6 Å². The van der Waals surface area contributed by atoms with Gasteiger partial charge in [-0.05, 0) is 48.6 Å². The Morgan fingerprint density at radius 3 is 2.52 bits per heavy atom. The zero-order chi connectivity index (χ0) is 15.2. The Labute approximate surface area is 134 Å². The van der Waals surface area contributed by atoms with E-state index in [0.29, 0.717) is 17.3 Å². The molecule has 2 rings (SSSR count). The summed E-state index contributed by atoms with van der Waals surface area (Å²) in [6, 6.07) is 13.3. The molecule has 0 saturated carbocycles. The summed E-state index contributed by atoms with van der Waals surface area (Å²) in [4.78, 5) is 13.0. The first kappa shape index (κ1) is 15.7. The number of thioether (sulfide) groups is 1. The van der Waals surface area contributed by atoms with Crippen molar-refractivity contribution in [3.8, 4) is 0 Å². The van der Waals surface area contributed by atoms with Crippen LogP contribution in [0.15, 0.2) is 47.4 Å². The molecule has 5 heteroatoms. The maximum Gasteiger partial charge on any atom is 0.319 e. The lowest BCUT2D eigenvalue weighted by Crippen LogP contribution is -2.28. The van der Waals surface area contributed by atoms with Crippen molar-refractivity contribution in [2.24, 2.45) is 0 Å². The second-order valence-electron chi connectivity index (χ2n) is 4.62. The average molecular weight is 321 g/mol. The lowest BCUT2D eigenvalue weighted by molar-refractivity contribution is 0.251. The van der Waals surface area contributed by atoms with E-state index in [9.17, 15) is 4.79 Å². The van der Waals surface area contributed by atoms with Crippen molar-refractivity contribution in [1.82, 2.24) is 5.32 Å². The molecule has 3 nitrogen and oxygen atoms in total. The predicted molar refractivity (Wildman–Crippen MR) is 90.3 cm³/mol. The van der Waals surface area contributed by atoms with Crippen molar-refractivity contribution < 1.29 is 4.79 Å². The number of nitrogens with one attached hydrogen (secondary N) is 2. The lowest BCUT2D eigenvalue weighted by Gasteiger charge is -2.09. The van der Waals surface area contributed by atoms with Gasteiger partial charge in [0.25, 0.3) is 0 Å². The second-order valence-corrected chi connectivity index (χ2v) is 5.91. The molecule has 2 aromatic rings. The third-order valence-corrected chi connectivity index (χ3v) is 4.19. The number of carbonyl (C=O) groups is 1. The fourth-order valence-electron chi connectivity index (χ4n) is 1.77. The minimum Gasteiger partial charge on any atom is -0.334 e. The van der Waals surface area contributed by atoms with Crippen molar-refractivity contribution >= 4 is 35.1 Å². The summed E-state index contributed by atoms with van der Waals surface area (Å²) in [7, 11) is 0. The van der Waals surface area contributed by atoms with Gasteiger partial charge in [0.15, 0.2) is 0 Å². The van der Waals surface area contributed by atoms with E-state index in [0.717, 1.165) is 11.1 Å². The van der Waals surface area contributed by atoms with Gasteiger partial charge in [-0.25, -0.2) is 4.79 Å². The highest BCUT2D eigenvalue weighted by Gasteiger charge is 2.03. The summed E-state index contributed by atoms with van der Waals surface area (Å²) in [6.45, 7) is 2.41. The van der Waals surface area contributed by atoms with Crippen LogP contribution in [0.25, 0.3) is 0 Å². The number of carbonyl (C=O) groups excluding carboxylic acids is 1. The van der Waals surface area contributed by atoms with Gasteiger partial charge in [-0.2, -0.15) is 0 Å². The van der Waals surface area contributed by atoms with Crippen molar-refractivity contribution in [3.05, 3.63) is 58.6 Å². The predicted octanol–water partition coefficient (Wildman–Crippen LogP) is 4.69. The molecule has 110 valence electrons. The van der Waals surface area contributed by atoms with Crippen molar-refractivity contribution in [2.75, 3.05) is 11.6 Å². The number of rotatable bonds is 4. The lowest BCUT2D eigenvalue weighted by atomic mass is 10.2. The number of urea groups is 1. The van der Waals surface area contributed by atoms with Gasteiger partial charge in [-0.15, -0.1) is 11.8 Å². The third-order valence-electron chi connectivity index (χ3n) is 3.04. The first-order valence-corrected chi connectivity index (χ1v) is 8.12. The quantitative estimate of drug-likeness (QED) is 0.802. The van der Waals surface area contributed by atoms with E-state index in [1.54, 1.807) is 17.8 Å². The first-order chi connectivity index (χ1) is 10.1. The molecule has 0 spiro atoms. The summed E-state index contributed by atoms with van der Waals surface area (Å²) in [5.41, 5.74) is 2.72. The molecule has 0 fully saturated rings. The highest BCUT2D eigenvalue weighted by Crippen LogP contribution is 2.20. The Morgan fingerprint density at radius 1 is 1.19 bits per heavy atom. The number of benzene rings is 2. The molecule has 0 saturated heterocycles. The molecule has 2 N–H and O–H groups in total. The molecule has 0 atom stereocenters. The minimum atomic E-state index is -0.246. The molecular weight excluding hydrogens is 304 g/mol. The number of amides is 2. The van der Waals surface area contributed by atoms with E-state index in [4.69, 9.17) is 11.6 Å². The van der Waals surface area contributed by atoms with Crippen LogP contribution in [-0.2, 0) is 6.54 Å². The SMILES string of the molecule is CSc1ccc(CNC(=O)Nc2ccc(C)c(Cl)c2)cc1. The molecular formula is C16H17ClN2OS. The Balaban J connectivity index is 1.87. The molecule has 0 aliphatic heterocycles. The van der Waals surface area contributed by atoms with Crippen LogP contribution in [0.5, 0.6) is 0 Å². The van der Waals surface area contributed by atoms with Crippen LogP contribution in [0.3, 0.4) is 0 Å². The third kappa shape index (κ3) is 4.69. The van der Waals surface area contributed by atoms with E-state index in [2.05, 4.69) is 10.6 Å². The van der Waals surface area contributed by atoms with Gasteiger partial charge in [0.2, 0.25) is 0 Å². The Kier molecular flexibility index (Phi) is 5.53. The number of hydrogen-bond acceptors (Lipinski definition) is 2. The fraction of sp³-hybridized carbons (Fsp3) is 0.188. The van der Waals surface area contributed by atoms with Gasteiger partial charge in [-0.1, -0.05) is 29.8 Å². The molecule has 2 amide bonds. The summed E-state index contributed by atoms with van der Waals surface area (Å²) < 4.78 is 0. The topological polar surface area (TPSA) is 41.1 Å².